The van der Waals surface area contributed by atoms with E-state index in [4.69, 9.17) is 21.6 Å². The van der Waals surface area contributed by atoms with Gasteiger partial charge < -0.3 is 15.3 Å². The first-order chi connectivity index (χ1) is 14.0. The molecular formula is C21H20ClN5O2. The first kappa shape index (κ1) is 19.3. The predicted molar refractivity (Wildman–Crippen MR) is 112 cm³/mol. The van der Waals surface area contributed by atoms with Gasteiger partial charge in [0.25, 0.3) is 0 Å². The number of rotatable bonds is 4. The van der Waals surface area contributed by atoms with Crippen LogP contribution in [-0.2, 0) is 4.79 Å². The normalized spacial score (nSPS) is 18.7. The van der Waals surface area contributed by atoms with Crippen molar-refractivity contribution in [3.63, 3.8) is 0 Å². The van der Waals surface area contributed by atoms with Gasteiger partial charge in [-0.3, -0.25) is 9.78 Å². The van der Waals surface area contributed by atoms with Crippen LogP contribution in [0.2, 0.25) is 5.02 Å². The van der Waals surface area contributed by atoms with Gasteiger partial charge in [0, 0.05) is 54.6 Å². The largest absolute Gasteiger partial charge is 0.389 e. The van der Waals surface area contributed by atoms with Crippen molar-refractivity contribution >= 4 is 23.3 Å². The average Bonchev–Trinajstić information content (AvgIpc) is 3.08. The summed E-state index contributed by atoms with van der Waals surface area (Å²) in [6, 6.07) is 12.7. The third kappa shape index (κ3) is 4.36. The summed E-state index contributed by atoms with van der Waals surface area (Å²) in [6.45, 7) is 2.28. The molecule has 8 heteroatoms. The van der Waals surface area contributed by atoms with E-state index in [-0.39, 0.29) is 11.9 Å². The molecule has 1 amide bonds. The zero-order valence-corrected chi connectivity index (χ0v) is 16.5. The fraction of sp³-hybridized carbons (Fsp3) is 0.238. The molecule has 0 saturated carbocycles. The maximum Gasteiger partial charge on any atom is 0.217 e. The number of hydrogen-bond donors (Lipinski definition) is 2. The lowest BCUT2D eigenvalue weighted by Gasteiger charge is -2.19. The van der Waals surface area contributed by atoms with E-state index in [0.29, 0.717) is 29.8 Å². The number of pyridine rings is 1. The highest BCUT2D eigenvalue weighted by atomic mass is 35.5. The zero-order valence-electron chi connectivity index (χ0n) is 15.8. The fourth-order valence-corrected chi connectivity index (χ4v) is 3.49. The first-order valence-electron chi connectivity index (χ1n) is 9.25. The van der Waals surface area contributed by atoms with Crippen LogP contribution in [0, 0.1) is 0 Å². The molecule has 2 aromatic heterocycles. The molecule has 1 aliphatic heterocycles. The van der Waals surface area contributed by atoms with E-state index in [0.717, 1.165) is 16.8 Å². The second-order valence-corrected chi connectivity index (χ2v) is 7.40. The number of benzene rings is 1. The van der Waals surface area contributed by atoms with Gasteiger partial charge in [0.05, 0.1) is 17.8 Å². The molecule has 1 saturated heterocycles. The number of aliphatic hydroxyl groups excluding tert-OH is 1. The molecule has 2 atom stereocenters. The molecule has 4 rings (SSSR count). The Morgan fingerprint density at radius 2 is 1.97 bits per heavy atom. The molecule has 0 radical (unpaired) electrons. The lowest BCUT2D eigenvalue weighted by molar-refractivity contribution is -0.120. The van der Waals surface area contributed by atoms with Crippen LogP contribution in [0.25, 0.3) is 22.6 Å². The summed E-state index contributed by atoms with van der Waals surface area (Å²) in [5.41, 5.74) is 2.44. The topological polar surface area (TPSA) is 91.2 Å². The number of nitrogens with one attached hydrogen (secondary N) is 1. The highest BCUT2D eigenvalue weighted by Gasteiger charge is 2.33. The minimum Gasteiger partial charge on any atom is -0.389 e. The lowest BCUT2D eigenvalue weighted by atomic mass is 10.1. The summed E-state index contributed by atoms with van der Waals surface area (Å²) >= 11 is 6.02. The lowest BCUT2D eigenvalue weighted by Crippen LogP contribution is -2.41. The van der Waals surface area contributed by atoms with Crippen molar-refractivity contribution in [1.82, 2.24) is 20.3 Å². The van der Waals surface area contributed by atoms with E-state index < -0.39 is 6.10 Å². The number of halogens is 1. The second kappa shape index (κ2) is 8.14. The molecule has 1 aliphatic rings. The van der Waals surface area contributed by atoms with Crippen LogP contribution in [0.3, 0.4) is 0 Å². The Kier molecular flexibility index (Phi) is 5.42. The molecule has 0 unspecified atom stereocenters. The summed E-state index contributed by atoms with van der Waals surface area (Å²) in [5.74, 6) is 1.05. The van der Waals surface area contributed by atoms with Crippen molar-refractivity contribution in [1.29, 1.82) is 0 Å². The van der Waals surface area contributed by atoms with Crippen LogP contribution >= 0.6 is 11.6 Å². The number of β-amino-alcohol motifs (C(OH)–C–C–N with tert-alkyl or cyclic N) is 1. The zero-order chi connectivity index (χ0) is 20.4. The third-order valence-corrected chi connectivity index (χ3v) is 5.03. The van der Waals surface area contributed by atoms with E-state index in [9.17, 15) is 9.90 Å². The van der Waals surface area contributed by atoms with Crippen molar-refractivity contribution in [2.24, 2.45) is 0 Å². The maximum atomic E-state index is 11.4. The summed E-state index contributed by atoms with van der Waals surface area (Å²) in [6.07, 6.45) is 2.74. The standard InChI is InChI=1S/C21H20ClN5O2/c1-13(28)24-18-11-27(12-19(18)29)20-9-17(14-4-6-16(22)7-5-14)25-21(26-20)15-3-2-8-23-10-15/h2-10,18-19,29H,11-12H2,1H3,(H,24,28)/t18-,19-/m1/s1. The van der Waals surface area contributed by atoms with Gasteiger partial charge in [-0.2, -0.15) is 0 Å². The SMILES string of the molecule is CC(=O)N[C@@H]1CN(c2cc(-c3ccc(Cl)cc3)nc(-c3cccnc3)n2)C[C@H]1O. The molecule has 148 valence electrons. The Morgan fingerprint density at radius 3 is 2.66 bits per heavy atom. The summed E-state index contributed by atoms with van der Waals surface area (Å²) < 4.78 is 0. The Balaban J connectivity index is 1.74. The first-order valence-corrected chi connectivity index (χ1v) is 9.63. The molecule has 3 heterocycles. The van der Waals surface area contributed by atoms with E-state index >= 15 is 0 Å². The highest BCUT2D eigenvalue weighted by molar-refractivity contribution is 6.30. The van der Waals surface area contributed by atoms with Crippen LogP contribution in [0.1, 0.15) is 6.92 Å². The van der Waals surface area contributed by atoms with Gasteiger partial charge >= 0.3 is 0 Å². The van der Waals surface area contributed by atoms with Crippen LogP contribution in [0.5, 0.6) is 0 Å². The smallest absolute Gasteiger partial charge is 0.217 e. The van der Waals surface area contributed by atoms with Crippen molar-refractivity contribution < 1.29 is 9.90 Å². The molecule has 0 aliphatic carbocycles. The quantitative estimate of drug-likeness (QED) is 0.688. The summed E-state index contributed by atoms with van der Waals surface area (Å²) in [5, 5.41) is 13.8. The molecular weight excluding hydrogens is 390 g/mol. The molecule has 7 nitrogen and oxygen atoms in total. The molecule has 0 bridgehead atoms. The van der Waals surface area contributed by atoms with E-state index in [2.05, 4.69) is 10.3 Å². The van der Waals surface area contributed by atoms with Crippen LogP contribution in [0.15, 0.2) is 54.9 Å². The van der Waals surface area contributed by atoms with Gasteiger partial charge in [-0.15, -0.1) is 0 Å². The van der Waals surface area contributed by atoms with E-state index in [1.807, 2.05) is 47.4 Å². The highest BCUT2D eigenvalue weighted by Crippen LogP contribution is 2.28. The minimum absolute atomic E-state index is 0.170. The van der Waals surface area contributed by atoms with Crippen LogP contribution in [0.4, 0.5) is 5.82 Å². The van der Waals surface area contributed by atoms with Crippen molar-refractivity contribution in [2.45, 2.75) is 19.1 Å². The van der Waals surface area contributed by atoms with Gasteiger partial charge in [-0.1, -0.05) is 23.7 Å². The van der Waals surface area contributed by atoms with Crippen molar-refractivity contribution in [2.75, 3.05) is 18.0 Å². The van der Waals surface area contributed by atoms with Crippen molar-refractivity contribution in [3.8, 4) is 22.6 Å². The molecule has 1 fully saturated rings. The Morgan fingerprint density at radius 1 is 1.17 bits per heavy atom. The Bertz CT molecular complexity index is 1010. The van der Waals surface area contributed by atoms with Crippen LogP contribution < -0.4 is 10.2 Å². The molecule has 2 N–H and O–H groups in total. The predicted octanol–water partition coefficient (Wildman–Crippen LogP) is 2.54. The summed E-state index contributed by atoms with van der Waals surface area (Å²) in [4.78, 5) is 26.9. The number of amides is 1. The number of hydrogen-bond acceptors (Lipinski definition) is 6. The van der Waals surface area contributed by atoms with Gasteiger partial charge in [0.1, 0.15) is 5.82 Å². The number of carbonyl (C=O) groups excluding carboxylic acids is 1. The minimum atomic E-state index is -0.672. The maximum absolute atomic E-state index is 11.4. The third-order valence-electron chi connectivity index (χ3n) is 4.77. The van der Waals surface area contributed by atoms with E-state index in [1.165, 1.54) is 6.92 Å². The van der Waals surface area contributed by atoms with Gasteiger partial charge in [0.15, 0.2) is 5.82 Å². The van der Waals surface area contributed by atoms with Gasteiger partial charge in [-0.05, 0) is 24.3 Å². The van der Waals surface area contributed by atoms with Crippen LogP contribution in [-0.4, -0.2) is 51.2 Å². The van der Waals surface area contributed by atoms with Crippen molar-refractivity contribution in [3.05, 3.63) is 59.9 Å². The number of anilines is 1. The Hall–Kier alpha value is -3.03. The number of aliphatic hydroxyl groups is 1. The van der Waals surface area contributed by atoms with Gasteiger partial charge in [-0.25, -0.2) is 9.97 Å². The number of aromatic nitrogens is 3. The Labute approximate surface area is 173 Å². The second-order valence-electron chi connectivity index (χ2n) is 6.96. The average molecular weight is 410 g/mol. The van der Waals surface area contributed by atoms with Gasteiger partial charge in [0.2, 0.25) is 5.91 Å². The molecule has 29 heavy (non-hydrogen) atoms. The fourth-order valence-electron chi connectivity index (χ4n) is 3.37. The summed E-state index contributed by atoms with van der Waals surface area (Å²) in [7, 11) is 0. The molecule has 0 spiro atoms. The number of nitrogens with zero attached hydrogens (tertiary/aromatic N) is 4. The molecule has 3 aromatic rings. The molecule has 1 aromatic carbocycles. The monoisotopic (exact) mass is 409 g/mol. The number of carbonyl (C=O) groups is 1. The van der Waals surface area contributed by atoms with E-state index in [1.54, 1.807) is 12.4 Å².